The van der Waals surface area contributed by atoms with E-state index in [0.717, 1.165) is 0 Å². The summed E-state index contributed by atoms with van der Waals surface area (Å²) >= 11 is 11.7. The summed E-state index contributed by atoms with van der Waals surface area (Å²) in [5, 5.41) is 0.476. The summed E-state index contributed by atoms with van der Waals surface area (Å²) < 4.78 is 9.94. The van der Waals surface area contributed by atoms with Gasteiger partial charge in [-0.05, 0) is 25.5 Å². The average Bonchev–Trinajstić information content (AvgIpc) is 2.43. The van der Waals surface area contributed by atoms with Gasteiger partial charge in [0.25, 0.3) is 0 Å². The van der Waals surface area contributed by atoms with E-state index in [0.29, 0.717) is 11.4 Å². The molecule has 0 heterocycles. The number of carbonyl (C=O) groups excluding carboxylic acids is 2. The largest absolute Gasteiger partial charge is 0.449 e. The Bertz CT molecular complexity index is 563. The number of halogens is 2. The van der Waals surface area contributed by atoms with Crippen molar-refractivity contribution in [3.8, 4) is 18.1 Å². The van der Waals surface area contributed by atoms with Gasteiger partial charge in [0.1, 0.15) is 5.02 Å². The van der Waals surface area contributed by atoms with Crippen LogP contribution in [0.3, 0.4) is 0 Å². The fraction of sp³-hybridized carbons (Fsp3) is 0.333. The predicted octanol–water partition coefficient (Wildman–Crippen LogP) is 3.63. The normalized spacial score (nSPS) is 11.3. The molecule has 0 fully saturated rings. The monoisotopic (exact) mass is 328 g/mol. The predicted molar refractivity (Wildman–Crippen MR) is 80.3 cm³/mol. The molecule has 1 aromatic rings. The minimum absolute atomic E-state index is 0.0579. The summed E-state index contributed by atoms with van der Waals surface area (Å²) in [6, 6.07) is 4.74. The summed E-state index contributed by atoms with van der Waals surface area (Å²) in [4.78, 5) is 23.0. The zero-order valence-electron chi connectivity index (χ0n) is 11.4. The molecule has 0 aliphatic heterocycles. The zero-order chi connectivity index (χ0) is 15.8. The van der Waals surface area contributed by atoms with Gasteiger partial charge in [0, 0.05) is 12.8 Å². The Kier molecular flexibility index (Phi) is 7.07. The lowest BCUT2D eigenvalue weighted by atomic mass is 10.2. The van der Waals surface area contributed by atoms with Gasteiger partial charge in [-0.15, -0.1) is 6.42 Å². The molecule has 1 aromatic carbocycles. The van der Waals surface area contributed by atoms with Gasteiger partial charge in [-0.25, -0.2) is 0 Å². The van der Waals surface area contributed by atoms with Crippen molar-refractivity contribution in [2.24, 2.45) is 0 Å². The molecule has 0 aliphatic carbocycles. The van der Waals surface area contributed by atoms with Gasteiger partial charge in [-0.3, -0.25) is 9.59 Å². The van der Waals surface area contributed by atoms with Gasteiger partial charge in [0.05, 0.1) is 5.02 Å². The van der Waals surface area contributed by atoms with E-state index >= 15 is 0 Å². The second kappa shape index (κ2) is 8.56. The molecule has 0 radical (unpaired) electrons. The SMILES string of the molecule is C#CC(C)OC(=O)CCCC(=O)Oc1cccc(Cl)c1Cl. The van der Waals surface area contributed by atoms with E-state index in [-0.39, 0.29) is 23.6 Å². The Morgan fingerprint density at radius 2 is 1.95 bits per heavy atom. The molecule has 0 amide bonds. The Labute approximate surface area is 133 Å². The highest BCUT2D eigenvalue weighted by atomic mass is 35.5. The van der Waals surface area contributed by atoms with Crippen LogP contribution < -0.4 is 4.74 Å². The summed E-state index contributed by atoms with van der Waals surface area (Å²) in [7, 11) is 0. The number of hydrogen-bond acceptors (Lipinski definition) is 4. The van der Waals surface area contributed by atoms with Crippen LogP contribution in [0, 0.1) is 12.3 Å². The Balaban J connectivity index is 2.37. The lowest BCUT2D eigenvalue weighted by Gasteiger charge is -2.08. The molecule has 0 spiro atoms. The lowest BCUT2D eigenvalue weighted by molar-refractivity contribution is -0.146. The second-order valence-electron chi connectivity index (χ2n) is 4.18. The van der Waals surface area contributed by atoms with E-state index in [9.17, 15) is 9.59 Å². The van der Waals surface area contributed by atoms with Crippen LogP contribution in [0.2, 0.25) is 10.0 Å². The fourth-order valence-corrected chi connectivity index (χ4v) is 1.73. The first-order valence-electron chi connectivity index (χ1n) is 6.24. The number of rotatable bonds is 6. The van der Waals surface area contributed by atoms with Crippen LogP contribution in [0.25, 0.3) is 0 Å². The highest BCUT2D eigenvalue weighted by molar-refractivity contribution is 6.43. The van der Waals surface area contributed by atoms with Crippen molar-refractivity contribution in [1.29, 1.82) is 0 Å². The van der Waals surface area contributed by atoms with E-state index < -0.39 is 18.0 Å². The maximum absolute atomic E-state index is 11.6. The maximum atomic E-state index is 11.6. The number of esters is 2. The molecular weight excluding hydrogens is 315 g/mol. The van der Waals surface area contributed by atoms with Gasteiger partial charge in [0.2, 0.25) is 0 Å². The molecule has 6 heteroatoms. The van der Waals surface area contributed by atoms with E-state index in [1.165, 1.54) is 6.07 Å². The molecule has 0 aromatic heterocycles. The highest BCUT2D eigenvalue weighted by Crippen LogP contribution is 2.31. The van der Waals surface area contributed by atoms with E-state index in [4.69, 9.17) is 39.1 Å². The van der Waals surface area contributed by atoms with Crippen molar-refractivity contribution in [2.45, 2.75) is 32.3 Å². The molecule has 112 valence electrons. The smallest absolute Gasteiger partial charge is 0.311 e. The van der Waals surface area contributed by atoms with Crippen LogP contribution in [0.5, 0.6) is 5.75 Å². The minimum atomic E-state index is -0.574. The number of carbonyl (C=O) groups is 2. The third-order valence-corrected chi connectivity index (χ3v) is 3.25. The average molecular weight is 329 g/mol. The second-order valence-corrected chi connectivity index (χ2v) is 4.96. The van der Waals surface area contributed by atoms with Crippen molar-refractivity contribution in [2.75, 3.05) is 0 Å². The quantitative estimate of drug-likeness (QED) is 0.454. The molecule has 0 bridgehead atoms. The topological polar surface area (TPSA) is 52.6 Å². The number of ether oxygens (including phenoxy) is 2. The molecule has 1 atom stereocenters. The van der Waals surface area contributed by atoms with Crippen LogP contribution >= 0.6 is 23.2 Å². The van der Waals surface area contributed by atoms with Gasteiger partial charge < -0.3 is 9.47 Å². The summed E-state index contributed by atoms with van der Waals surface area (Å²) in [5.74, 6) is 1.52. The van der Waals surface area contributed by atoms with E-state index in [2.05, 4.69) is 5.92 Å². The Hall–Kier alpha value is -1.70. The van der Waals surface area contributed by atoms with Gasteiger partial charge in [-0.2, -0.15) is 0 Å². The van der Waals surface area contributed by atoms with Gasteiger partial charge in [-0.1, -0.05) is 35.2 Å². The summed E-state index contributed by atoms with van der Waals surface area (Å²) in [5.41, 5.74) is 0. The first-order chi connectivity index (χ1) is 9.93. The van der Waals surface area contributed by atoms with Crippen LogP contribution in [-0.4, -0.2) is 18.0 Å². The van der Waals surface area contributed by atoms with Crippen molar-refractivity contribution < 1.29 is 19.1 Å². The molecule has 0 saturated heterocycles. The van der Waals surface area contributed by atoms with Crippen molar-refractivity contribution >= 4 is 35.1 Å². The maximum Gasteiger partial charge on any atom is 0.311 e. The van der Waals surface area contributed by atoms with Crippen LogP contribution in [0.4, 0.5) is 0 Å². The Morgan fingerprint density at radius 1 is 1.29 bits per heavy atom. The van der Waals surface area contributed by atoms with Crippen molar-refractivity contribution in [1.82, 2.24) is 0 Å². The molecule has 1 unspecified atom stereocenters. The van der Waals surface area contributed by atoms with E-state index in [1.807, 2.05) is 0 Å². The molecule has 1 rings (SSSR count). The van der Waals surface area contributed by atoms with Gasteiger partial charge in [0.15, 0.2) is 11.9 Å². The van der Waals surface area contributed by atoms with Crippen LogP contribution in [0.1, 0.15) is 26.2 Å². The standard InChI is InChI=1S/C15H14Cl2O4/c1-3-10(2)20-13(18)8-5-9-14(19)21-12-7-4-6-11(16)15(12)17/h1,4,6-7,10H,5,8-9H2,2H3. The van der Waals surface area contributed by atoms with Crippen LogP contribution in [-0.2, 0) is 14.3 Å². The minimum Gasteiger partial charge on any atom is -0.449 e. The first-order valence-corrected chi connectivity index (χ1v) is 7.00. The molecule has 4 nitrogen and oxygen atoms in total. The number of hydrogen-bond donors (Lipinski definition) is 0. The van der Waals surface area contributed by atoms with E-state index in [1.54, 1.807) is 19.1 Å². The molecule has 0 N–H and O–H groups in total. The fourth-order valence-electron chi connectivity index (χ4n) is 1.40. The van der Waals surface area contributed by atoms with Crippen molar-refractivity contribution in [3.05, 3.63) is 28.2 Å². The van der Waals surface area contributed by atoms with Crippen molar-refractivity contribution in [3.63, 3.8) is 0 Å². The molecule has 0 aliphatic rings. The zero-order valence-corrected chi connectivity index (χ0v) is 12.9. The molecule has 21 heavy (non-hydrogen) atoms. The number of benzene rings is 1. The molecule has 0 saturated carbocycles. The number of terminal acetylenes is 1. The van der Waals surface area contributed by atoms with Gasteiger partial charge >= 0.3 is 11.9 Å². The first kappa shape index (κ1) is 17.4. The summed E-state index contributed by atoms with van der Waals surface area (Å²) in [6.45, 7) is 1.59. The lowest BCUT2D eigenvalue weighted by Crippen LogP contribution is -2.14. The third-order valence-electron chi connectivity index (χ3n) is 2.44. The highest BCUT2D eigenvalue weighted by Gasteiger charge is 2.12. The molecular formula is C15H14Cl2O4. The third kappa shape index (κ3) is 6.07. The summed E-state index contributed by atoms with van der Waals surface area (Å²) in [6.07, 6.45) is 4.95. The Morgan fingerprint density at radius 3 is 2.62 bits per heavy atom. The van der Waals surface area contributed by atoms with Crippen LogP contribution in [0.15, 0.2) is 18.2 Å².